The Morgan fingerprint density at radius 1 is 1.21 bits per heavy atom. The Bertz CT molecular complexity index is 454. The van der Waals surface area contributed by atoms with Crippen LogP contribution in [0.4, 0.5) is 0 Å². The number of hydrogen-bond acceptors (Lipinski definition) is 4. The van der Waals surface area contributed by atoms with Gasteiger partial charge in [-0.25, -0.2) is 0 Å². The quantitative estimate of drug-likeness (QED) is 0.769. The van der Waals surface area contributed by atoms with Crippen molar-refractivity contribution in [3.63, 3.8) is 0 Å². The highest BCUT2D eigenvalue weighted by molar-refractivity contribution is 5.48. The minimum Gasteiger partial charge on any atom is -0.508 e. The summed E-state index contributed by atoms with van der Waals surface area (Å²) in [5.41, 5.74) is 3.79. The van der Waals surface area contributed by atoms with Crippen molar-refractivity contribution in [2.45, 2.75) is 26.9 Å². The number of hydrogen-bond donors (Lipinski definition) is 3. The van der Waals surface area contributed by atoms with Gasteiger partial charge in [-0.05, 0) is 49.1 Å². The van der Waals surface area contributed by atoms with Gasteiger partial charge in [-0.1, -0.05) is 0 Å². The molecule has 0 amide bonds. The molecule has 1 atom stereocenters. The molecule has 4 heteroatoms. The van der Waals surface area contributed by atoms with Gasteiger partial charge in [-0.3, -0.25) is 4.90 Å². The molecule has 1 aliphatic rings. The molecule has 1 aliphatic heterocycles. The third-order valence-corrected chi connectivity index (χ3v) is 4.10. The Morgan fingerprint density at radius 2 is 1.84 bits per heavy atom. The number of β-amino-alcohol motifs (C(OH)–C–C–N with tert-alkyl or cyclic N) is 1. The molecule has 0 spiro atoms. The third kappa shape index (κ3) is 3.08. The van der Waals surface area contributed by atoms with Crippen molar-refractivity contribution in [3.05, 3.63) is 28.3 Å². The van der Waals surface area contributed by atoms with E-state index >= 15 is 0 Å². The Labute approximate surface area is 115 Å². The Morgan fingerprint density at radius 3 is 2.47 bits per heavy atom. The molecule has 0 aromatic heterocycles. The number of phenolic OH excluding ortho intramolecular Hbond substituents is 1. The highest BCUT2D eigenvalue weighted by Crippen LogP contribution is 2.31. The van der Waals surface area contributed by atoms with Crippen LogP contribution in [0.25, 0.3) is 0 Å². The molecule has 0 radical (unpaired) electrons. The summed E-state index contributed by atoms with van der Waals surface area (Å²) in [6, 6.07) is 1.75. The zero-order valence-corrected chi connectivity index (χ0v) is 12.0. The van der Waals surface area contributed by atoms with Crippen LogP contribution >= 0.6 is 0 Å². The fraction of sp³-hybridized carbons (Fsp3) is 0.600. The first-order valence-corrected chi connectivity index (χ1v) is 6.91. The number of aliphatic hydroxyl groups is 1. The number of rotatable bonds is 3. The van der Waals surface area contributed by atoms with E-state index in [1.807, 2.05) is 20.8 Å². The van der Waals surface area contributed by atoms with Crippen LogP contribution < -0.4 is 5.32 Å². The van der Waals surface area contributed by atoms with Gasteiger partial charge in [0.2, 0.25) is 0 Å². The summed E-state index contributed by atoms with van der Waals surface area (Å²) in [5.74, 6) is 0.313. The molecular formula is C15H24N2O2. The highest BCUT2D eigenvalue weighted by atomic mass is 16.3. The Balaban J connectivity index is 2.18. The molecule has 0 aliphatic carbocycles. The lowest BCUT2D eigenvalue weighted by atomic mass is 9.93. The smallest absolute Gasteiger partial charge is 0.119 e. The lowest BCUT2D eigenvalue weighted by molar-refractivity contribution is 0.104. The van der Waals surface area contributed by atoms with Crippen molar-refractivity contribution < 1.29 is 10.2 Å². The first-order valence-electron chi connectivity index (χ1n) is 6.91. The molecule has 1 aromatic carbocycles. The van der Waals surface area contributed by atoms with Gasteiger partial charge in [0, 0.05) is 32.7 Å². The molecule has 106 valence electrons. The number of nitrogens with one attached hydrogen (secondary N) is 1. The first kappa shape index (κ1) is 14.3. The number of aromatic hydroxyl groups is 1. The number of nitrogens with zero attached hydrogens (tertiary/aromatic N) is 1. The molecule has 1 unspecified atom stereocenters. The van der Waals surface area contributed by atoms with Gasteiger partial charge in [0.1, 0.15) is 5.75 Å². The molecule has 1 heterocycles. The molecule has 0 bridgehead atoms. The van der Waals surface area contributed by atoms with Crippen molar-refractivity contribution in [3.8, 4) is 5.75 Å². The van der Waals surface area contributed by atoms with Crippen LogP contribution in [0.3, 0.4) is 0 Å². The summed E-state index contributed by atoms with van der Waals surface area (Å²) < 4.78 is 0. The zero-order chi connectivity index (χ0) is 14.0. The average Bonchev–Trinajstić information content (AvgIpc) is 2.37. The normalized spacial score (nSPS) is 18.5. The molecule has 4 nitrogen and oxygen atoms in total. The molecule has 1 aromatic rings. The summed E-state index contributed by atoms with van der Waals surface area (Å²) >= 11 is 0. The van der Waals surface area contributed by atoms with Crippen LogP contribution in [-0.2, 0) is 0 Å². The van der Waals surface area contributed by atoms with E-state index in [2.05, 4.69) is 10.2 Å². The fourth-order valence-corrected chi connectivity index (χ4v) is 2.82. The van der Waals surface area contributed by atoms with Crippen LogP contribution in [0.15, 0.2) is 6.07 Å². The molecule has 1 saturated heterocycles. The molecule has 19 heavy (non-hydrogen) atoms. The first-order chi connectivity index (χ1) is 9.00. The minimum atomic E-state index is -0.489. The van der Waals surface area contributed by atoms with Gasteiger partial charge < -0.3 is 15.5 Å². The second kappa shape index (κ2) is 5.90. The lowest BCUT2D eigenvalue weighted by Crippen LogP contribution is -2.45. The van der Waals surface area contributed by atoms with Gasteiger partial charge in [0.05, 0.1) is 6.10 Å². The van der Waals surface area contributed by atoms with Crippen LogP contribution in [0.5, 0.6) is 5.75 Å². The molecule has 0 saturated carbocycles. The Hall–Kier alpha value is -1.10. The third-order valence-electron chi connectivity index (χ3n) is 4.10. The van der Waals surface area contributed by atoms with Crippen LogP contribution in [0.2, 0.25) is 0 Å². The minimum absolute atomic E-state index is 0.313. The van der Waals surface area contributed by atoms with Crippen molar-refractivity contribution in [1.29, 1.82) is 0 Å². The van der Waals surface area contributed by atoms with E-state index in [4.69, 9.17) is 0 Å². The van der Waals surface area contributed by atoms with Gasteiger partial charge in [0.25, 0.3) is 0 Å². The zero-order valence-electron chi connectivity index (χ0n) is 12.0. The SMILES string of the molecule is Cc1cc(O)c(C)c(C)c1C(O)CN1CCNCC1. The predicted octanol–water partition coefficient (Wildman–Crippen LogP) is 1.26. The van der Waals surface area contributed by atoms with Gasteiger partial charge in [0.15, 0.2) is 0 Å². The number of benzene rings is 1. The van der Waals surface area contributed by atoms with Crippen molar-refractivity contribution in [2.24, 2.45) is 0 Å². The lowest BCUT2D eigenvalue weighted by Gasteiger charge is -2.30. The largest absolute Gasteiger partial charge is 0.508 e. The van der Waals surface area contributed by atoms with Gasteiger partial charge in [-0.15, -0.1) is 0 Å². The van der Waals surface area contributed by atoms with Crippen molar-refractivity contribution >= 4 is 0 Å². The standard InChI is InChI=1S/C15H24N2O2/c1-10-8-13(18)11(2)12(3)15(10)14(19)9-17-6-4-16-5-7-17/h8,14,16,18-19H,4-7,9H2,1-3H3. The number of piperazine rings is 1. The van der Waals surface area contributed by atoms with Crippen molar-refractivity contribution in [1.82, 2.24) is 10.2 Å². The van der Waals surface area contributed by atoms with Crippen LogP contribution in [0, 0.1) is 20.8 Å². The maximum Gasteiger partial charge on any atom is 0.119 e. The van der Waals surface area contributed by atoms with Gasteiger partial charge in [-0.2, -0.15) is 0 Å². The second-order valence-corrected chi connectivity index (χ2v) is 5.44. The summed E-state index contributed by atoms with van der Waals surface area (Å²) in [6.07, 6.45) is -0.489. The number of phenols is 1. The second-order valence-electron chi connectivity index (χ2n) is 5.44. The Kier molecular flexibility index (Phi) is 4.45. The summed E-state index contributed by atoms with van der Waals surface area (Å²) in [7, 11) is 0. The topological polar surface area (TPSA) is 55.7 Å². The number of aliphatic hydroxyl groups excluding tert-OH is 1. The van der Waals surface area contributed by atoms with Crippen molar-refractivity contribution in [2.75, 3.05) is 32.7 Å². The predicted molar refractivity (Wildman–Crippen MR) is 76.6 cm³/mol. The monoisotopic (exact) mass is 264 g/mol. The van der Waals surface area contributed by atoms with E-state index < -0.39 is 6.10 Å². The average molecular weight is 264 g/mol. The van der Waals surface area contributed by atoms with Crippen LogP contribution in [-0.4, -0.2) is 47.8 Å². The van der Waals surface area contributed by atoms with E-state index in [0.717, 1.165) is 48.4 Å². The van der Waals surface area contributed by atoms with E-state index in [9.17, 15) is 10.2 Å². The van der Waals surface area contributed by atoms with E-state index in [1.54, 1.807) is 6.07 Å². The van der Waals surface area contributed by atoms with E-state index in [-0.39, 0.29) is 0 Å². The maximum absolute atomic E-state index is 10.5. The summed E-state index contributed by atoms with van der Waals surface area (Å²) in [6.45, 7) is 10.4. The van der Waals surface area contributed by atoms with E-state index in [1.165, 1.54) is 0 Å². The fourth-order valence-electron chi connectivity index (χ4n) is 2.82. The summed E-state index contributed by atoms with van der Waals surface area (Å²) in [5, 5.41) is 23.6. The maximum atomic E-state index is 10.5. The molecule has 1 fully saturated rings. The molecule has 2 rings (SSSR count). The molecular weight excluding hydrogens is 240 g/mol. The van der Waals surface area contributed by atoms with Crippen LogP contribution in [0.1, 0.15) is 28.4 Å². The molecule has 3 N–H and O–H groups in total. The highest BCUT2D eigenvalue weighted by Gasteiger charge is 2.20. The summed E-state index contributed by atoms with van der Waals surface area (Å²) in [4.78, 5) is 2.28. The number of aryl methyl sites for hydroxylation is 1. The van der Waals surface area contributed by atoms with E-state index in [0.29, 0.717) is 12.3 Å². The van der Waals surface area contributed by atoms with Gasteiger partial charge >= 0.3 is 0 Å².